The summed E-state index contributed by atoms with van der Waals surface area (Å²) in [7, 11) is 0. The van der Waals surface area contributed by atoms with Crippen LogP contribution in [0.25, 0.3) is 5.57 Å². The van der Waals surface area contributed by atoms with Crippen LogP contribution < -0.4 is 5.32 Å². The van der Waals surface area contributed by atoms with Gasteiger partial charge in [0, 0.05) is 13.1 Å². The zero-order chi connectivity index (χ0) is 12.9. The molecule has 1 rings (SSSR count). The van der Waals surface area contributed by atoms with Crippen molar-refractivity contribution in [2.45, 2.75) is 12.3 Å². The Morgan fingerprint density at radius 1 is 1.29 bits per heavy atom. The zero-order valence-corrected chi connectivity index (χ0v) is 9.17. The smallest absolute Gasteiger partial charge is 0.382 e. The van der Waals surface area contributed by atoms with Crippen molar-refractivity contribution in [3.8, 4) is 0 Å². The Balaban J connectivity index is 2.35. The summed E-state index contributed by atoms with van der Waals surface area (Å²) in [5, 5.41) is 11.3. The summed E-state index contributed by atoms with van der Waals surface area (Å²) in [5.74, 6) is 0. The highest BCUT2D eigenvalue weighted by atomic mass is 19.4. The first-order chi connectivity index (χ1) is 7.91. The topological polar surface area (TPSA) is 32.3 Å². The summed E-state index contributed by atoms with van der Waals surface area (Å²) in [6.45, 7) is 3.43. The van der Waals surface area contributed by atoms with Gasteiger partial charge in [0.2, 0.25) is 0 Å². The molecule has 0 bridgehead atoms. The Bertz CT molecular complexity index is 362. The van der Waals surface area contributed by atoms with Gasteiger partial charge in [0.05, 0.1) is 0 Å². The molecule has 0 aliphatic rings. The molecule has 0 saturated carbocycles. The van der Waals surface area contributed by atoms with Crippen LogP contribution in [0.5, 0.6) is 0 Å². The normalized spacial score (nSPS) is 13.4. The summed E-state index contributed by atoms with van der Waals surface area (Å²) in [5.41, 5.74) is 1.54. The number of nitrogens with one attached hydrogen (secondary N) is 1. The van der Waals surface area contributed by atoms with E-state index in [9.17, 15) is 13.2 Å². The van der Waals surface area contributed by atoms with Crippen molar-refractivity contribution >= 4 is 5.57 Å². The van der Waals surface area contributed by atoms with Gasteiger partial charge in [-0.2, -0.15) is 13.2 Å². The molecule has 1 atom stereocenters. The quantitative estimate of drug-likeness (QED) is 0.833. The Morgan fingerprint density at radius 2 is 1.88 bits per heavy atom. The fourth-order valence-corrected chi connectivity index (χ4v) is 1.25. The standard InChI is InChI=1S/C12H14F3NO/c1-9(10-5-3-2-4-6-10)7-16-8-11(17)12(13,14)15/h2-6,11,16-17H,1,7-8H2. The minimum Gasteiger partial charge on any atom is -0.382 e. The van der Waals surface area contributed by atoms with E-state index in [0.29, 0.717) is 5.57 Å². The molecule has 0 amide bonds. The molecule has 0 fully saturated rings. The molecule has 0 aliphatic carbocycles. The Kier molecular flexibility index (Phi) is 4.72. The fraction of sp³-hybridized carbons (Fsp3) is 0.333. The van der Waals surface area contributed by atoms with Crippen molar-refractivity contribution in [3.63, 3.8) is 0 Å². The van der Waals surface area contributed by atoms with Crippen molar-refractivity contribution in [2.24, 2.45) is 0 Å². The van der Waals surface area contributed by atoms with Crippen molar-refractivity contribution in [1.29, 1.82) is 0 Å². The van der Waals surface area contributed by atoms with Crippen LogP contribution in [0.15, 0.2) is 36.9 Å². The molecule has 0 heterocycles. The Labute approximate surface area is 97.8 Å². The highest BCUT2D eigenvalue weighted by Crippen LogP contribution is 2.19. The maximum atomic E-state index is 12.0. The van der Waals surface area contributed by atoms with E-state index in [1.54, 1.807) is 0 Å². The van der Waals surface area contributed by atoms with Gasteiger partial charge in [0.25, 0.3) is 0 Å². The lowest BCUT2D eigenvalue weighted by Gasteiger charge is -2.15. The molecular weight excluding hydrogens is 231 g/mol. The van der Waals surface area contributed by atoms with E-state index in [4.69, 9.17) is 5.11 Å². The highest BCUT2D eigenvalue weighted by molar-refractivity contribution is 5.64. The lowest BCUT2D eigenvalue weighted by molar-refractivity contribution is -0.201. The van der Waals surface area contributed by atoms with Crippen LogP contribution in [0.4, 0.5) is 13.2 Å². The van der Waals surface area contributed by atoms with Crippen LogP contribution in [0.1, 0.15) is 5.56 Å². The lowest BCUT2D eigenvalue weighted by Crippen LogP contribution is -2.38. The molecule has 0 radical (unpaired) electrons. The van der Waals surface area contributed by atoms with Gasteiger partial charge in [-0.05, 0) is 11.1 Å². The predicted molar refractivity (Wildman–Crippen MR) is 60.4 cm³/mol. The summed E-state index contributed by atoms with van der Waals surface area (Å²) >= 11 is 0. The van der Waals surface area contributed by atoms with Gasteiger partial charge in [-0.15, -0.1) is 0 Å². The third-order valence-corrected chi connectivity index (χ3v) is 2.24. The van der Waals surface area contributed by atoms with E-state index in [1.165, 1.54) is 0 Å². The molecule has 17 heavy (non-hydrogen) atoms. The van der Waals surface area contributed by atoms with Gasteiger partial charge in [0.15, 0.2) is 6.10 Å². The van der Waals surface area contributed by atoms with E-state index in [1.807, 2.05) is 30.3 Å². The van der Waals surface area contributed by atoms with Crippen molar-refractivity contribution in [1.82, 2.24) is 5.32 Å². The average molecular weight is 245 g/mol. The molecule has 1 aromatic rings. The van der Waals surface area contributed by atoms with Crippen molar-refractivity contribution in [3.05, 3.63) is 42.5 Å². The van der Waals surface area contributed by atoms with Gasteiger partial charge in [0.1, 0.15) is 0 Å². The van der Waals surface area contributed by atoms with E-state index < -0.39 is 18.8 Å². The molecule has 2 N–H and O–H groups in total. The highest BCUT2D eigenvalue weighted by Gasteiger charge is 2.37. The Hall–Kier alpha value is -1.33. The summed E-state index contributed by atoms with van der Waals surface area (Å²) in [4.78, 5) is 0. The van der Waals surface area contributed by atoms with Gasteiger partial charge in [-0.1, -0.05) is 36.9 Å². The number of benzene rings is 1. The molecule has 2 nitrogen and oxygen atoms in total. The van der Waals surface area contributed by atoms with Crippen molar-refractivity contribution in [2.75, 3.05) is 13.1 Å². The van der Waals surface area contributed by atoms with Crippen LogP contribution in [0.3, 0.4) is 0 Å². The largest absolute Gasteiger partial charge is 0.415 e. The second-order valence-electron chi connectivity index (χ2n) is 3.66. The molecule has 1 aromatic carbocycles. The van der Waals surface area contributed by atoms with Gasteiger partial charge in [-0.3, -0.25) is 0 Å². The SMILES string of the molecule is C=C(CNCC(O)C(F)(F)F)c1ccccc1. The number of alkyl halides is 3. The third-order valence-electron chi connectivity index (χ3n) is 2.24. The molecule has 5 heteroatoms. The third kappa shape index (κ3) is 4.58. The van der Waals surface area contributed by atoms with Crippen LogP contribution in [0, 0.1) is 0 Å². The van der Waals surface area contributed by atoms with Crippen LogP contribution in [0.2, 0.25) is 0 Å². The number of halogens is 3. The minimum atomic E-state index is -4.58. The number of aliphatic hydroxyl groups is 1. The van der Waals surface area contributed by atoms with Gasteiger partial charge >= 0.3 is 6.18 Å². The van der Waals surface area contributed by atoms with Crippen molar-refractivity contribution < 1.29 is 18.3 Å². The van der Waals surface area contributed by atoms with Crippen LogP contribution in [-0.4, -0.2) is 30.5 Å². The molecule has 0 aromatic heterocycles. The summed E-state index contributed by atoms with van der Waals surface area (Å²) < 4.78 is 36.0. The first-order valence-corrected chi connectivity index (χ1v) is 5.10. The number of aliphatic hydroxyl groups excluding tert-OH is 1. The molecular formula is C12H14F3NO. The lowest BCUT2D eigenvalue weighted by atomic mass is 10.1. The summed E-state index contributed by atoms with van der Waals surface area (Å²) in [6.07, 6.45) is -6.92. The van der Waals surface area contributed by atoms with E-state index >= 15 is 0 Å². The fourth-order valence-electron chi connectivity index (χ4n) is 1.25. The van der Waals surface area contributed by atoms with E-state index in [-0.39, 0.29) is 6.54 Å². The Morgan fingerprint density at radius 3 is 2.41 bits per heavy atom. The van der Waals surface area contributed by atoms with Crippen LogP contribution in [-0.2, 0) is 0 Å². The molecule has 94 valence electrons. The number of hydrogen-bond donors (Lipinski definition) is 2. The average Bonchev–Trinajstić information content (AvgIpc) is 2.28. The van der Waals surface area contributed by atoms with Gasteiger partial charge < -0.3 is 10.4 Å². The molecule has 0 saturated heterocycles. The number of hydrogen-bond acceptors (Lipinski definition) is 2. The number of rotatable bonds is 5. The second kappa shape index (κ2) is 5.84. The van der Waals surface area contributed by atoms with E-state index in [2.05, 4.69) is 11.9 Å². The first-order valence-electron chi connectivity index (χ1n) is 5.10. The summed E-state index contributed by atoms with van der Waals surface area (Å²) in [6, 6.07) is 9.14. The molecule has 0 aliphatic heterocycles. The van der Waals surface area contributed by atoms with E-state index in [0.717, 1.165) is 5.56 Å². The zero-order valence-electron chi connectivity index (χ0n) is 9.17. The second-order valence-corrected chi connectivity index (χ2v) is 3.66. The first kappa shape index (κ1) is 13.7. The van der Waals surface area contributed by atoms with Crippen LogP contribution >= 0.6 is 0 Å². The minimum absolute atomic E-state index is 0.206. The van der Waals surface area contributed by atoms with Gasteiger partial charge in [-0.25, -0.2) is 0 Å². The maximum Gasteiger partial charge on any atom is 0.415 e. The maximum absolute atomic E-state index is 12.0. The molecule has 1 unspecified atom stereocenters. The monoisotopic (exact) mass is 245 g/mol. The predicted octanol–water partition coefficient (Wildman–Crippen LogP) is 2.21. The molecule has 0 spiro atoms.